The lowest BCUT2D eigenvalue weighted by atomic mass is 10.1. The number of hydrogen-bond acceptors (Lipinski definition) is 5. The van der Waals surface area contributed by atoms with Crippen LogP contribution in [0.4, 0.5) is 11.4 Å². The van der Waals surface area contributed by atoms with E-state index in [2.05, 4.69) is 33.0 Å². The first-order valence-electron chi connectivity index (χ1n) is 9.58. The standard InChI is InChI=1S/C22H25N5O2S/c1-13-9-14(2)20(15(3)10-13)25-21(29)16(4)30-22-26-23-12-27(22)19-8-6-7-18(11-19)24-17(5)28/h6-12,16H,1-5H3,(H,24,28)(H,25,29). The molecular formula is C22H25N5O2S. The van der Waals surface area contributed by atoms with E-state index in [1.165, 1.54) is 24.2 Å². The van der Waals surface area contributed by atoms with Crippen LogP contribution in [0, 0.1) is 20.8 Å². The van der Waals surface area contributed by atoms with Crippen molar-refractivity contribution in [1.29, 1.82) is 0 Å². The van der Waals surface area contributed by atoms with Crippen LogP contribution in [0.15, 0.2) is 47.9 Å². The lowest BCUT2D eigenvalue weighted by Crippen LogP contribution is -2.24. The molecule has 2 N–H and O–H groups in total. The van der Waals surface area contributed by atoms with Gasteiger partial charge in [-0.05, 0) is 57.0 Å². The predicted molar refractivity (Wildman–Crippen MR) is 120 cm³/mol. The van der Waals surface area contributed by atoms with Crippen molar-refractivity contribution in [2.24, 2.45) is 0 Å². The zero-order valence-corrected chi connectivity index (χ0v) is 18.5. The van der Waals surface area contributed by atoms with Gasteiger partial charge in [-0.3, -0.25) is 14.2 Å². The third-order valence-corrected chi connectivity index (χ3v) is 5.59. The van der Waals surface area contributed by atoms with E-state index in [9.17, 15) is 9.59 Å². The number of amides is 2. The van der Waals surface area contributed by atoms with Crippen LogP contribution in [0.2, 0.25) is 0 Å². The smallest absolute Gasteiger partial charge is 0.237 e. The number of rotatable bonds is 6. The summed E-state index contributed by atoms with van der Waals surface area (Å²) in [5, 5.41) is 14.2. The van der Waals surface area contributed by atoms with Crippen molar-refractivity contribution in [2.75, 3.05) is 10.6 Å². The molecule has 0 spiro atoms. The van der Waals surface area contributed by atoms with E-state index in [1.54, 1.807) is 10.9 Å². The van der Waals surface area contributed by atoms with Crippen molar-refractivity contribution in [2.45, 2.75) is 45.0 Å². The van der Waals surface area contributed by atoms with Gasteiger partial charge in [0.25, 0.3) is 0 Å². The first kappa shape index (κ1) is 21.6. The Hall–Kier alpha value is -3.13. The lowest BCUT2D eigenvalue weighted by molar-refractivity contribution is -0.115. The molecule has 3 rings (SSSR count). The summed E-state index contributed by atoms with van der Waals surface area (Å²) < 4.78 is 1.79. The van der Waals surface area contributed by atoms with Gasteiger partial charge in [-0.1, -0.05) is 35.5 Å². The number of benzene rings is 2. The second-order valence-electron chi connectivity index (χ2n) is 7.24. The van der Waals surface area contributed by atoms with Crippen molar-refractivity contribution in [3.8, 4) is 5.69 Å². The van der Waals surface area contributed by atoms with E-state index in [1.807, 2.05) is 52.0 Å². The average molecular weight is 424 g/mol. The van der Waals surface area contributed by atoms with Crippen molar-refractivity contribution in [1.82, 2.24) is 14.8 Å². The first-order chi connectivity index (χ1) is 14.2. The molecule has 156 valence electrons. The minimum absolute atomic E-state index is 0.100. The molecule has 1 atom stereocenters. The molecule has 1 aromatic heterocycles. The Morgan fingerprint density at radius 2 is 1.77 bits per heavy atom. The number of anilines is 2. The minimum Gasteiger partial charge on any atom is -0.326 e. The van der Waals surface area contributed by atoms with Gasteiger partial charge >= 0.3 is 0 Å². The molecular weight excluding hydrogens is 398 g/mol. The molecule has 0 bridgehead atoms. The van der Waals surface area contributed by atoms with Crippen molar-refractivity contribution < 1.29 is 9.59 Å². The van der Waals surface area contributed by atoms with Crippen molar-refractivity contribution in [3.05, 3.63) is 59.4 Å². The zero-order valence-electron chi connectivity index (χ0n) is 17.7. The first-order valence-corrected chi connectivity index (χ1v) is 10.5. The lowest BCUT2D eigenvalue weighted by Gasteiger charge is -2.16. The number of carbonyl (C=O) groups excluding carboxylic acids is 2. The summed E-state index contributed by atoms with van der Waals surface area (Å²) >= 11 is 1.32. The maximum absolute atomic E-state index is 12.8. The van der Waals surface area contributed by atoms with Gasteiger partial charge in [-0.2, -0.15) is 0 Å². The number of aryl methyl sites for hydroxylation is 3. The topological polar surface area (TPSA) is 88.9 Å². The van der Waals surface area contributed by atoms with E-state index in [-0.39, 0.29) is 17.1 Å². The van der Waals surface area contributed by atoms with E-state index < -0.39 is 0 Å². The van der Waals surface area contributed by atoms with E-state index in [4.69, 9.17) is 0 Å². The second-order valence-corrected chi connectivity index (χ2v) is 8.55. The Bertz CT molecular complexity index is 1070. The molecule has 30 heavy (non-hydrogen) atoms. The molecule has 7 nitrogen and oxygen atoms in total. The second kappa shape index (κ2) is 9.13. The highest BCUT2D eigenvalue weighted by molar-refractivity contribution is 8.00. The van der Waals surface area contributed by atoms with E-state index >= 15 is 0 Å². The number of nitrogens with one attached hydrogen (secondary N) is 2. The maximum Gasteiger partial charge on any atom is 0.237 e. The highest BCUT2D eigenvalue weighted by Crippen LogP contribution is 2.27. The monoisotopic (exact) mass is 423 g/mol. The summed E-state index contributed by atoms with van der Waals surface area (Å²) in [6.45, 7) is 9.33. The summed E-state index contributed by atoms with van der Waals surface area (Å²) in [7, 11) is 0. The fourth-order valence-electron chi connectivity index (χ4n) is 3.23. The third-order valence-electron chi connectivity index (χ3n) is 4.54. The average Bonchev–Trinajstić information content (AvgIpc) is 3.12. The number of nitrogens with zero attached hydrogens (tertiary/aromatic N) is 3. The van der Waals surface area contributed by atoms with Gasteiger partial charge in [0.1, 0.15) is 6.33 Å². The van der Waals surface area contributed by atoms with Crippen LogP contribution in [0.5, 0.6) is 0 Å². The van der Waals surface area contributed by atoms with Crippen LogP contribution < -0.4 is 10.6 Å². The van der Waals surface area contributed by atoms with Gasteiger partial charge in [0, 0.05) is 18.3 Å². The Morgan fingerprint density at radius 3 is 2.43 bits per heavy atom. The zero-order chi connectivity index (χ0) is 21.8. The summed E-state index contributed by atoms with van der Waals surface area (Å²) in [4.78, 5) is 24.1. The number of hydrogen-bond donors (Lipinski definition) is 2. The number of aromatic nitrogens is 3. The Balaban J connectivity index is 1.76. The largest absolute Gasteiger partial charge is 0.326 e. The van der Waals surface area contributed by atoms with Crippen LogP contribution in [-0.2, 0) is 9.59 Å². The van der Waals surface area contributed by atoms with Gasteiger partial charge < -0.3 is 10.6 Å². The molecule has 2 amide bonds. The van der Waals surface area contributed by atoms with Crippen LogP contribution in [-0.4, -0.2) is 31.8 Å². The maximum atomic E-state index is 12.8. The van der Waals surface area contributed by atoms with Gasteiger partial charge in [0.2, 0.25) is 11.8 Å². The van der Waals surface area contributed by atoms with Gasteiger partial charge in [-0.15, -0.1) is 10.2 Å². The van der Waals surface area contributed by atoms with Gasteiger partial charge in [0.05, 0.1) is 10.9 Å². The van der Waals surface area contributed by atoms with Gasteiger partial charge in [-0.25, -0.2) is 0 Å². The van der Waals surface area contributed by atoms with E-state index in [0.29, 0.717) is 10.8 Å². The Labute approximate surface area is 180 Å². The van der Waals surface area contributed by atoms with Crippen LogP contribution in [0.25, 0.3) is 5.69 Å². The predicted octanol–water partition coefficient (Wildman–Crippen LogP) is 4.27. The molecule has 8 heteroatoms. The third kappa shape index (κ3) is 5.07. The van der Waals surface area contributed by atoms with Crippen molar-refractivity contribution >= 4 is 35.0 Å². The highest BCUT2D eigenvalue weighted by Gasteiger charge is 2.20. The summed E-state index contributed by atoms with van der Waals surface area (Å²) in [6, 6.07) is 11.5. The quantitative estimate of drug-likeness (QED) is 0.578. The molecule has 3 aromatic rings. The van der Waals surface area contributed by atoms with Crippen LogP contribution >= 0.6 is 11.8 Å². The van der Waals surface area contributed by atoms with Crippen LogP contribution in [0.3, 0.4) is 0 Å². The molecule has 1 heterocycles. The van der Waals surface area contributed by atoms with Crippen LogP contribution in [0.1, 0.15) is 30.5 Å². The van der Waals surface area contributed by atoms with Crippen molar-refractivity contribution in [3.63, 3.8) is 0 Å². The molecule has 2 aromatic carbocycles. The summed E-state index contributed by atoms with van der Waals surface area (Å²) in [5.74, 6) is -0.242. The molecule has 0 aliphatic rings. The molecule has 1 unspecified atom stereocenters. The fraction of sp³-hybridized carbons (Fsp3) is 0.273. The molecule has 0 saturated heterocycles. The fourth-order valence-corrected chi connectivity index (χ4v) is 4.07. The normalized spacial score (nSPS) is 11.8. The Morgan fingerprint density at radius 1 is 1.07 bits per heavy atom. The molecule has 0 radical (unpaired) electrons. The molecule has 0 aliphatic carbocycles. The number of thioether (sulfide) groups is 1. The molecule has 0 fully saturated rings. The SMILES string of the molecule is CC(=O)Nc1cccc(-n2cnnc2SC(C)C(=O)Nc2c(C)cc(C)cc2C)c1. The van der Waals surface area contributed by atoms with Gasteiger partial charge in [0.15, 0.2) is 5.16 Å². The summed E-state index contributed by atoms with van der Waals surface area (Å²) in [5.41, 5.74) is 5.57. The highest BCUT2D eigenvalue weighted by atomic mass is 32.2. The Kier molecular flexibility index (Phi) is 6.56. The summed E-state index contributed by atoms with van der Waals surface area (Å²) in [6.07, 6.45) is 1.59. The molecule has 0 saturated carbocycles. The minimum atomic E-state index is -0.383. The molecule has 0 aliphatic heterocycles. The van der Waals surface area contributed by atoms with E-state index in [0.717, 1.165) is 22.5 Å². The number of carbonyl (C=O) groups is 2.